The Morgan fingerprint density at radius 2 is 2.20 bits per heavy atom. The summed E-state index contributed by atoms with van der Waals surface area (Å²) in [5, 5.41) is 6.89. The maximum atomic E-state index is 4.36. The first-order valence-corrected chi connectivity index (χ1v) is 5.77. The Bertz CT molecular complexity index is 299. The van der Waals surface area contributed by atoms with Gasteiger partial charge in [-0.2, -0.15) is 0 Å². The summed E-state index contributed by atoms with van der Waals surface area (Å²) in [7, 11) is 0. The fourth-order valence-electron chi connectivity index (χ4n) is 1.99. The van der Waals surface area contributed by atoms with Crippen molar-refractivity contribution in [2.75, 3.05) is 18.4 Å². The summed E-state index contributed by atoms with van der Waals surface area (Å²) in [6, 6.07) is 1.04. The molecule has 1 aliphatic rings. The Morgan fingerprint density at radius 3 is 2.87 bits per heavy atom. The number of anilines is 1. The summed E-state index contributed by atoms with van der Waals surface area (Å²) in [5.74, 6) is 1.01. The summed E-state index contributed by atoms with van der Waals surface area (Å²) in [6.07, 6.45) is 6.27. The molecule has 2 rings (SSSR count). The van der Waals surface area contributed by atoms with Crippen molar-refractivity contribution in [1.29, 1.82) is 0 Å². The summed E-state index contributed by atoms with van der Waals surface area (Å²) < 4.78 is 2.18. The number of aromatic nitrogens is 2. The molecule has 84 valence electrons. The van der Waals surface area contributed by atoms with Crippen LogP contribution < -0.4 is 10.6 Å². The predicted octanol–water partition coefficient (Wildman–Crippen LogP) is 1.63. The fourth-order valence-corrected chi connectivity index (χ4v) is 1.99. The minimum absolute atomic E-state index is 0.469. The molecule has 0 radical (unpaired) electrons. The number of nitrogens with one attached hydrogen (secondary N) is 2. The molecular weight excluding hydrogens is 188 g/mol. The summed E-state index contributed by atoms with van der Waals surface area (Å²) >= 11 is 0. The molecule has 1 fully saturated rings. The zero-order valence-corrected chi connectivity index (χ0v) is 9.53. The maximum Gasteiger partial charge on any atom is 0.203 e. The van der Waals surface area contributed by atoms with E-state index in [1.54, 1.807) is 0 Å². The monoisotopic (exact) mass is 208 g/mol. The second kappa shape index (κ2) is 4.66. The zero-order valence-electron chi connectivity index (χ0n) is 9.53. The van der Waals surface area contributed by atoms with E-state index in [1.165, 1.54) is 12.8 Å². The molecule has 1 saturated heterocycles. The SMILES string of the molecule is CC(C)n1ccnc1NC1CCNCC1. The molecule has 1 aromatic rings. The summed E-state index contributed by atoms with van der Waals surface area (Å²) in [5.41, 5.74) is 0. The maximum absolute atomic E-state index is 4.36. The van der Waals surface area contributed by atoms with Crippen molar-refractivity contribution in [2.45, 2.75) is 38.8 Å². The highest BCUT2D eigenvalue weighted by atomic mass is 15.2. The van der Waals surface area contributed by atoms with Gasteiger partial charge in [-0.1, -0.05) is 0 Å². The van der Waals surface area contributed by atoms with Crippen LogP contribution in [0.3, 0.4) is 0 Å². The summed E-state index contributed by atoms with van der Waals surface area (Å²) in [4.78, 5) is 4.36. The van der Waals surface area contributed by atoms with Gasteiger partial charge in [-0.05, 0) is 39.8 Å². The topological polar surface area (TPSA) is 41.9 Å². The number of hydrogen-bond acceptors (Lipinski definition) is 3. The molecule has 1 aromatic heterocycles. The van der Waals surface area contributed by atoms with Crippen molar-refractivity contribution in [1.82, 2.24) is 14.9 Å². The molecule has 0 saturated carbocycles. The average Bonchev–Trinajstić information content (AvgIpc) is 2.67. The first-order valence-electron chi connectivity index (χ1n) is 5.77. The minimum Gasteiger partial charge on any atom is -0.353 e. The van der Waals surface area contributed by atoms with Gasteiger partial charge in [0, 0.05) is 24.5 Å². The standard InChI is InChI=1S/C11H20N4/c1-9(2)15-8-7-13-11(15)14-10-3-5-12-6-4-10/h7-10,12H,3-6H2,1-2H3,(H,13,14). The van der Waals surface area contributed by atoms with Crippen LogP contribution in [-0.2, 0) is 0 Å². The van der Waals surface area contributed by atoms with Crippen LogP contribution in [0.25, 0.3) is 0 Å². The Kier molecular flexibility index (Phi) is 3.26. The van der Waals surface area contributed by atoms with Crippen LogP contribution in [0.4, 0.5) is 5.95 Å². The second-order valence-electron chi connectivity index (χ2n) is 4.42. The molecule has 0 aliphatic carbocycles. The van der Waals surface area contributed by atoms with E-state index in [4.69, 9.17) is 0 Å². The van der Waals surface area contributed by atoms with Gasteiger partial charge in [-0.3, -0.25) is 0 Å². The van der Waals surface area contributed by atoms with E-state index in [2.05, 4.69) is 34.0 Å². The molecule has 4 heteroatoms. The number of rotatable bonds is 3. The third-order valence-electron chi connectivity index (χ3n) is 2.90. The number of hydrogen-bond donors (Lipinski definition) is 2. The molecule has 0 atom stereocenters. The highest BCUT2D eigenvalue weighted by Crippen LogP contribution is 2.15. The zero-order chi connectivity index (χ0) is 10.7. The Morgan fingerprint density at radius 1 is 1.47 bits per heavy atom. The smallest absolute Gasteiger partial charge is 0.203 e. The lowest BCUT2D eigenvalue weighted by Gasteiger charge is -2.25. The van der Waals surface area contributed by atoms with E-state index >= 15 is 0 Å². The van der Waals surface area contributed by atoms with Gasteiger partial charge in [0.05, 0.1) is 0 Å². The molecular formula is C11H20N4. The van der Waals surface area contributed by atoms with Crippen LogP contribution in [0.1, 0.15) is 32.7 Å². The molecule has 0 aromatic carbocycles. The largest absolute Gasteiger partial charge is 0.353 e. The molecule has 0 bridgehead atoms. The summed E-state index contributed by atoms with van der Waals surface area (Å²) in [6.45, 7) is 6.57. The van der Waals surface area contributed by atoms with Crippen molar-refractivity contribution in [2.24, 2.45) is 0 Å². The molecule has 1 aliphatic heterocycles. The Balaban J connectivity index is 1.99. The third-order valence-corrected chi connectivity index (χ3v) is 2.90. The molecule has 4 nitrogen and oxygen atoms in total. The van der Waals surface area contributed by atoms with E-state index < -0.39 is 0 Å². The molecule has 0 amide bonds. The first-order chi connectivity index (χ1) is 7.27. The van der Waals surface area contributed by atoms with E-state index in [-0.39, 0.29) is 0 Å². The first kappa shape index (κ1) is 10.5. The normalized spacial score (nSPS) is 18.3. The van der Waals surface area contributed by atoms with Gasteiger partial charge < -0.3 is 15.2 Å². The lowest BCUT2D eigenvalue weighted by Crippen LogP contribution is -2.36. The van der Waals surface area contributed by atoms with E-state index in [0.717, 1.165) is 19.0 Å². The molecule has 15 heavy (non-hydrogen) atoms. The van der Waals surface area contributed by atoms with Crippen molar-refractivity contribution in [3.8, 4) is 0 Å². The Hall–Kier alpha value is -1.03. The lowest BCUT2D eigenvalue weighted by molar-refractivity contribution is 0.473. The van der Waals surface area contributed by atoms with Crippen molar-refractivity contribution < 1.29 is 0 Å². The highest BCUT2D eigenvalue weighted by Gasteiger charge is 2.15. The number of piperidine rings is 1. The van der Waals surface area contributed by atoms with Crippen LogP contribution >= 0.6 is 0 Å². The van der Waals surface area contributed by atoms with Gasteiger partial charge in [0.1, 0.15) is 0 Å². The van der Waals surface area contributed by atoms with Gasteiger partial charge in [0.25, 0.3) is 0 Å². The number of imidazole rings is 1. The van der Waals surface area contributed by atoms with E-state index in [9.17, 15) is 0 Å². The molecule has 2 N–H and O–H groups in total. The van der Waals surface area contributed by atoms with Crippen LogP contribution in [0, 0.1) is 0 Å². The van der Waals surface area contributed by atoms with Crippen LogP contribution in [0.2, 0.25) is 0 Å². The van der Waals surface area contributed by atoms with Crippen molar-refractivity contribution in [3.63, 3.8) is 0 Å². The van der Waals surface area contributed by atoms with E-state index in [1.807, 2.05) is 12.4 Å². The average molecular weight is 208 g/mol. The molecule has 2 heterocycles. The Labute approximate surface area is 91.1 Å². The molecule has 0 unspecified atom stereocenters. The lowest BCUT2D eigenvalue weighted by atomic mass is 10.1. The third kappa shape index (κ3) is 2.50. The molecule has 0 spiro atoms. The van der Waals surface area contributed by atoms with Gasteiger partial charge in [0.2, 0.25) is 5.95 Å². The highest BCUT2D eigenvalue weighted by molar-refractivity contribution is 5.28. The van der Waals surface area contributed by atoms with Crippen LogP contribution in [-0.4, -0.2) is 28.7 Å². The van der Waals surface area contributed by atoms with Crippen LogP contribution in [0.5, 0.6) is 0 Å². The van der Waals surface area contributed by atoms with Crippen molar-refractivity contribution >= 4 is 5.95 Å². The predicted molar refractivity (Wildman–Crippen MR) is 62.1 cm³/mol. The van der Waals surface area contributed by atoms with Gasteiger partial charge in [-0.15, -0.1) is 0 Å². The van der Waals surface area contributed by atoms with Gasteiger partial charge in [0.15, 0.2) is 0 Å². The quantitative estimate of drug-likeness (QED) is 0.793. The second-order valence-corrected chi connectivity index (χ2v) is 4.42. The van der Waals surface area contributed by atoms with Gasteiger partial charge in [-0.25, -0.2) is 4.98 Å². The van der Waals surface area contributed by atoms with Crippen LogP contribution in [0.15, 0.2) is 12.4 Å². The van der Waals surface area contributed by atoms with Gasteiger partial charge >= 0.3 is 0 Å². The minimum atomic E-state index is 0.469. The van der Waals surface area contributed by atoms with E-state index in [0.29, 0.717) is 12.1 Å². The fraction of sp³-hybridized carbons (Fsp3) is 0.727. The van der Waals surface area contributed by atoms with Crippen molar-refractivity contribution in [3.05, 3.63) is 12.4 Å². The number of nitrogens with zero attached hydrogens (tertiary/aromatic N) is 2.